The molecule has 0 bridgehead atoms. The van der Waals surface area contributed by atoms with Crippen LogP contribution in [0, 0.1) is 0 Å². The van der Waals surface area contributed by atoms with Crippen LogP contribution in [-0.2, 0) is 25.7 Å². The van der Waals surface area contributed by atoms with E-state index in [1.807, 2.05) is 0 Å². The van der Waals surface area contributed by atoms with Gasteiger partial charge >= 0.3 is 25.7 Å². The van der Waals surface area contributed by atoms with E-state index in [2.05, 4.69) is 12.2 Å². The molecule has 0 unspecified atom stereocenters. The van der Waals surface area contributed by atoms with Gasteiger partial charge in [0.2, 0.25) is 0 Å². The maximum atomic E-state index is 8.50. The van der Waals surface area contributed by atoms with E-state index in [-0.39, 0.29) is 0 Å². The summed E-state index contributed by atoms with van der Waals surface area (Å²) in [7, 11) is 0. The minimum absolute atomic E-state index is 1.32. The molecule has 1 aliphatic carbocycles. The first-order valence-electron chi connectivity index (χ1n) is 3.06. The van der Waals surface area contributed by atoms with Crippen molar-refractivity contribution in [3.63, 3.8) is 0 Å². The molecule has 0 aliphatic heterocycles. The third-order valence-corrected chi connectivity index (χ3v) is 1.16. The standard InChI is InChI=1S/C6H10.2O.Ti/c1-2-4-6-5-3-1;;;/h1-2H,3-6H2;;;. The zero-order chi connectivity index (χ0) is 6.95. The van der Waals surface area contributed by atoms with Crippen LogP contribution in [0.4, 0.5) is 0 Å². The molecule has 2 nitrogen and oxygen atoms in total. The number of rotatable bonds is 0. The molecular weight excluding hydrogens is 152 g/mol. The summed E-state index contributed by atoms with van der Waals surface area (Å²) in [6.45, 7) is 0. The fraction of sp³-hybridized carbons (Fsp3) is 0.667. The predicted octanol–water partition coefficient (Wildman–Crippen LogP) is 1.88. The van der Waals surface area contributed by atoms with Crippen LogP contribution in [0.5, 0.6) is 0 Å². The van der Waals surface area contributed by atoms with Gasteiger partial charge in [-0.2, -0.15) is 0 Å². The zero-order valence-corrected chi connectivity index (χ0v) is 6.86. The van der Waals surface area contributed by atoms with E-state index in [9.17, 15) is 0 Å². The zero-order valence-electron chi connectivity index (χ0n) is 5.30. The van der Waals surface area contributed by atoms with Crippen LogP contribution in [0.1, 0.15) is 25.7 Å². The number of hydrogen-bond donors (Lipinski definition) is 0. The Bertz CT molecular complexity index is 106. The molecule has 50 valence electrons. The van der Waals surface area contributed by atoms with Crippen molar-refractivity contribution in [2.75, 3.05) is 0 Å². The Morgan fingerprint density at radius 1 is 1.00 bits per heavy atom. The van der Waals surface area contributed by atoms with Crippen LogP contribution in [0.3, 0.4) is 0 Å². The van der Waals surface area contributed by atoms with Crippen molar-refractivity contribution < 1.29 is 25.7 Å². The Morgan fingerprint density at radius 2 is 1.33 bits per heavy atom. The molecular formula is C6H10O2Ti. The second-order valence-corrected chi connectivity index (χ2v) is 2.10. The Morgan fingerprint density at radius 3 is 1.44 bits per heavy atom. The molecule has 0 amide bonds. The first kappa shape index (κ1) is 9.05. The van der Waals surface area contributed by atoms with Crippen molar-refractivity contribution in [1.29, 1.82) is 0 Å². The van der Waals surface area contributed by atoms with Crippen LogP contribution in [0.15, 0.2) is 12.2 Å². The van der Waals surface area contributed by atoms with Gasteiger partial charge < -0.3 is 0 Å². The van der Waals surface area contributed by atoms with Crippen LogP contribution in [0.25, 0.3) is 0 Å². The Labute approximate surface area is 63.9 Å². The van der Waals surface area contributed by atoms with Crippen molar-refractivity contribution in [3.05, 3.63) is 12.2 Å². The van der Waals surface area contributed by atoms with Crippen molar-refractivity contribution in [2.24, 2.45) is 0 Å². The van der Waals surface area contributed by atoms with Crippen molar-refractivity contribution >= 4 is 0 Å². The fourth-order valence-electron chi connectivity index (χ4n) is 0.760. The Hall–Kier alpha value is 0.0543. The van der Waals surface area contributed by atoms with Gasteiger partial charge in [-0.15, -0.1) is 0 Å². The molecule has 0 aromatic heterocycles. The molecule has 0 atom stereocenters. The minimum atomic E-state index is -2.00. The number of allylic oxidation sites excluding steroid dienone is 2. The summed E-state index contributed by atoms with van der Waals surface area (Å²) in [5, 5.41) is 0. The molecule has 0 saturated carbocycles. The van der Waals surface area contributed by atoms with E-state index in [0.29, 0.717) is 0 Å². The van der Waals surface area contributed by atoms with Gasteiger partial charge in [-0.3, -0.25) is 0 Å². The summed E-state index contributed by atoms with van der Waals surface area (Å²) in [4.78, 5) is 0. The maximum absolute atomic E-state index is 8.50. The quantitative estimate of drug-likeness (QED) is 0.402. The van der Waals surface area contributed by atoms with Gasteiger partial charge in [0.1, 0.15) is 0 Å². The first-order valence-corrected chi connectivity index (χ1v) is 4.33. The van der Waals surface area contributed by atoms with E-state index < -0.39 is 19.1 Å². The summed E-state index contributed by atoms with van der Waals surface area (Å²) in [6, 6.07) is 0. The Balaban J connectivity index is 0.000000187. The van der Waals surface area contributed by atoms with E-state index in [4.69, 9.17) is 6.65 Å². The molecule has 0 spiro atoms. The summed E-state index contributed by atoms with van der Waals surface area (Å²) in [5.74, 6) is 0. The normalized spacial score (nSPS) is 15.1. The van der Waals surface area contributed by atoms with Gasteiger partial charge in [-0.25, -0.2) is 0 Å². The molecule has 0 saturated heterocycles. The van der Waals surface area contributed by atoms with E-state index in [1.54, 1.807) is 0 Å². The predicted molar refractivity (Wildman–Crippen MR) is 29.0 cm³/mol. The van der Waals surface area contributed by atoms with E-state index in [0.717, 1.165) is 0 Å². The van der Waals surface area contributed by atoms with Crippen molar-refractivity contribution in [2.45, 2.75) is 25.7 Å². The average Bonchev–Trinajstić information content (AvgIpc) is 1.93. The monoisotopic (exact) mass is 162 g/mol. The van der Waals surface area contributed by atoms with Crippen molar-refractivity contribution in [3.8, 4) is 0 Å². The molecule has 1 rings (SSSR count). The van der Waals surface area contributed by atoms with Crippen LogP contribution in [-0.4, -0.2) is 0 Å². The molecule has 0 aromatic carbocycles. The molecule has 0 fully saturated rings. The molecule has 1 aliphatic rings. The molecule has 0 N–H and O–H groups in total. The van der Waals surface area contributed by atoms with Gasteiger partial charge in [-0.05, 0) is 25.7 Å². The summed E-state index contributed by atoms with van der Waals surface area (Å²) < 4.78 is 17.0. The Kier molecular flexibility index (Phi) is 8.10. The third kappa shape index (κ3) is 8.05. The SMILES string of the molecule is C1=CCCCC1.[O]=[Ti]=[O]. The van der Waals surface area contributed by atoms with Crippen LogP contribution >= 0.6 is 0 Å². The topological polar surface area (TPSA) is 34.1 Å². The van der Waals surface area contributed by atoms with Crippen molar-refractivity contribution in [1.82, 2.24) is 0 Å². The molecule has 3 heteroatoms. The summed E-state index contributed by atoms with van der Waals surface area (Å²) in [6.07, 6.45) is 10.0. The second-order valence-electron chi connectivity index (χ2n) is 1.84. The van der Waals surface area contributed by atoms with Gasteiger partial charge in [0.05, 0.1) is 0 Å². The molecule has 0 radical (unpaired) electrons. The second kappa shape index (κ2) is 8.05. The molecule has 0 heterocycles. The molecule has 9 heavy (non-hydrogen) atoms. The van der Waals surface area contributed by atoms with Gasteiger partial charge in [0.15, 0.2) is 0 Å². The van der Waals surface area contributed by atoms with E-state index >= 15 is 0 Å². The third-order valence-electron chi connectivity index (χ3n) is 1.16. The van der Waals surface area contributed by atoms with E-state index in [1.165, 1.54) is 25.7 Å². The van der Waals surface area contributed by atoms with Gasteiger partial charge in [0.25, 0.3) is 0 Å². The first-order chi connectivity index (χ1) is 4.41. The van der Waals surface area contributed by atoms with Crippen LogP contribution in [0.2, 0.25) is 0 Å². The van der Waals surface area contributed by atoms with Gasteiger partial charge in [0, 0.05) is 0 Å². The summed E-state index contributed by atoms with van der Waals surface area (Å²) in [5.41, 5.74) is 0. The van der Waals surface area contributed by atoms with Gasteiger partial charge in [-0.1, -0.05) is 12.2 Å². The fourth-order valence-corrected chi connectivity index (χ4v) is 0.760. The van der Waals surface area contributed by atoms with Crippen LogP contribution < -0.4 is 0 Å². The molecule has 0 aromatic rings. The summed E-state index contributed by atoms with van der Waals surface area (Å²) >= 11 is -2.00. The number of hydrogen-bond acceptors (Lipinski definition) is 2. The average molecular weight is 162 g/mol.